The van der Waals surface area contributed by atoms with E-state index in [4.69, 9.17) is 4.74 Å². The smallest absolute Gasteiger partial charge is 0.185 e. The number of hydrogen-bond donors (Lipinski definition) is 1. The second-order valence-corrected chi connectivity index (χ2v) is 7.49. The van der Waals surface area contributed by atoms with Crippen molar-refractivity contribution in [2.75, 3.05) is 0 Å². The van der Waals surface area contributed by atoms with Crippen molar-refractivity contribution in [3.8, 4) is 17.2 Å². The van der Waals surface area contributed by atoms with Gasteiger partial charge in [-0.1, -0.05) is 12.1 Å². The zero-order valence-electron chi connectivity index (χ0n) is 9.05. The molecule has 7 heteroatoms. The second kappa shape index (κ2) is 6.47. The summed E-state index contributed by atoms with van der Waals surface area (Å²) in [6, 6.07) is 7.41. The van der Waals surface area contributed by atoms with Gasteiger partial charge in [0.1, 0.15) is 5.75 Å². The van der Waals surface area contributed by atoms with Crippen molar-refractivity contribution in [3.63, 3.8) is 0 Å². The van der Waals surface area contributed by atoms with Crippen LogP contribution in [0.4, 0.5) is 0 Å². The van der Waals surface area contributed by atoms with E-state index < -0.39 is 0 Å². The van der Waals surface area contributed by atoms with Crippen LogP contribution in [0.1, 0.15) is 0 Å². The molecule has 0 aliphatic carbocycles. The largest absolute Gasteiger partial charge is 0.503 e. The Balaban J connectivity index is 2.56. The highest BCUT2D eigenvalue weighted by molar-refractivity contribution is 9.15. The lowest BCUT2D eigenvalue weighted by Crippen LogP contribution is -1.90. The SMILES string of the molecule is Oc1c(Br)c(Br)c(Br)c(Br)c1Oc1ccccc1Br. The van der Waals surface area contributed by atoms with Gasteiger partial charge in [0.25, 0.3) is 0 Å². The molecule has 0 aromatic heterocycles. The number of aromatic hydroxyl groups is 1. The molecule has 0 amide bonds. The molecule has 19 heavy (non-hydrogen) atoms. The molecule has 1 N–H and O–H groups in total. The van der Waals surface area contributed by atoms with E-state index >= 15 is 0 Å². The van der Waals surface area contributed by atoms with E-state index in [1.807, 2.05) is 18.2 Å². The minimum absolute atomic E-state index is 0.0118. The summed E-state index contributed by atoms with van der Waals surface area (Å²) in [6.07, 6.45) is 0. The van der Waals surface area contributed by atoms with Gasteiger partial charge in [-0.2, -0.15) is 0 Å². The third-order valence-electron chi connectivity index (χ3n) is 2.25. The van der Waals surface area contributed by atoms with Gasteiger partial charge >= 0.3 is 0 Å². The summed E-state index contributed by atoms with van der Waals surface area (Å²) < 4.78 is 9.16. The quantitative estimate of drug-likeness (QED) is 0.306. The number of para-hydroxylation sites is 1. The van der Waals surface area contributed by atoms with E-state index in [0.717, 1.165) is 8.95 Å². The van der Waals surface area contributed by atoms with E-state index in [2.05, 4.69) is 79.6 Å². The van der Waals surface area contributed by atoms with Crippen molar-refractivity contribution in [3.05, 3.63) is 46.6 Å². The number of benzene rings is 2. The molecule has 0 radical (unpaired) electrons. The molecule has 0 aliphatic heterocycles. The molecular formula is C12H5Br5O2. The van der Waals surface area contributed by atoms with Gasteiger partial charge in [0.2, 0.25) is 0 Å². The Bertz CT molecular complexity index is 613. The van der Waals surface area contributed by atoms with Gasteiger partial charge in [-0.3, -0.25) is 0 Å². The Morgan fingerprint density at radius 3 is 2.00 bits per heavy atom. The first-order chi connectivity index (χ1) is 8.93. The Hall–Kier alpha value is 0.440. The van der Waals surface area contributed by atoms with E-state index in [1.165, 1.54) is 0 Å². The van der Waals surface area contributed by atoms with E-state index in [9.17, 15) is 5.11 Å². The van der Waals surface area contributed by atoms with Crippen LogP contribution in [-0.4, -0.2) is 5.11 Å². The summed E-state index contributed by atoms with van der Waals surface area (Å²) in [5.41, 5.74) is 0. The van der Waals surface area contributed by atoms with Crippen LogP contribution in [0.5, 0.6) is 17.2 Å². The molecule has 0 spiro atoms. The summed E-state index contributed by atoms with van der Waals surface area (Å²) >= 11 is 16.9. The van der Waals surface area contributed by atoms with Crippen LogP contribution in [0.3, 0.4) is 0 Å². The normalized spacial score (nSPS) is 10.6. The lowest BCUT2D eigenvalue weighted by atomic mass is 10.3. The summed E-state index contributed by atoms with van der Waals surface area (Å²) in [5.74, 6) is 0.950. The van der Waals surface area contributed by atoms with Crippen molar-refractivity contribution >= 4 is 79.6 Å². The van der Waals surface area contributed by atoms with Gasteiger partial charge < -0.3 is 9.84 Å². The van der Waals surface area contributed by atoms with Gasteiger partial charge in [-0.15, -0.1) is 0 Å². The zero-order valence-corrected chi connectivity index (χ0v) is 17.0. The standard InChI is InChI=1S/C12H5Br5O2/c13-5-3-1-2-4-6(5)19-12-10(17)8(15)7(14)9(16)11(12)18/h1-4,18H. The molecule has 0 fully saturated rings. The molecule has 0 saturated carbocycles. The highest BCUT2D eigenvalue weighted by atomic mass is 79.9. The maximum atomic E-state index is 10.2. The lowest BCUT2D eigenvalue weighted by molar-refractivity contribution is 0.405. The highest BCUT2D eigenvalue weighted by Gasteiger charge is 2.21. The van der Waals surface area contributed by atoms with E-state index in [0.29, 0.717) is 24.9 Å². The molecule has 2 aromatic rings. The van der Waals surface area contributed by atoms with Gasteiger partial charge in [-0.05, 0) is 91.8 Å². The van der Waals surface area contributed by atoms with Crippen LogP contribution >= 0.6 is 79.6 Å². The molecule has 0 aliphatic rings. The summed E-state index contributed by atoms with van der Waals surface area (Å²) in [7, 11) is 0. The molecule has 0 bridgehead atoms. The van der Waals surface area contributed by atoms with Crippen LogP contribution in [0.2, 0.25) is 0 Å². The predicted molar refractivity (Wildman–Crippen MR) is 93.1 cm³/mol. The van der Waals surface area contributed by atoms with Crippen LogP contribution < -0.4 is 4.74 Å². The zero-order chi connectivity index (χ0) is 14.2. The van der Waals surface area contributed by atoms with Gasteiger partial charge in [0.05, 0.1) is 22.4 Å². The van der Waals surface area contributed by atoms with Crippen molar-refractivity contribution in [1.29, 1.82) is 0 Å². The Morgan fingerprint density at radius 2 is 1.37 bits per heavy atom. The average Bonchev–Trinajstić information content (AvgIpc) is 2.41. The third-order valence-corrected chi connectivity index (χ3v) is 7.62. The molecule has 0 atom stereocenters. The first-order valence-corrected chi connectivity index (χ1v) is 8.87. The van der Waals surface area contributed by atoms with Crippen LogP contribution in [0, 0.1) is 0 Å². The Morgan fingerprint density at radius 1 is 0.789 bits per heavy atom. The minimum atomic E-state index is 0.0118. The monoisotopic (exact) mass is 576 g/mol. The molecule has 0 saturated heterocycles. The highest BCUT2D eigenvalue weighted by Crippen LogP contribution is 2.51. The van der Waals surface area contributed by atoms with E-state index in [-0.39, 0.29) is 5.75 Å². The molecule has 2 aromatic carbocycles. The van der Waals surface area contributed by atoms with Gasteiger partial charge in [-0.25, -0.2) is 0 Å². The first-order valence-electron chi connectivity index (χ1n) is 4.90. The molecule has 2 nitrogen and oxygen atoms in total. The summed E-state index contributed by atoms with van der Waals surface area (Å²) in [6.45, 7) is 0. The lowest BCUT2D eigenvalue weighted by Gasteiger charge is -2.14. The molecule has 100 valence electrons. The number of ether oxygens (including phenoxy) is 1. The van der Waals surface area contributed by atoms with Gasteiger partial charge in [0, 0.05) is 0 Å². The molecular weight excluding hydrogens is 576 g/mol. The molecule has 0 unspecified atom stereocenters. The van der Waals surface area contributed by atoms with Crippen LogP contribution in [0.15, 0.2) is 46.6 Å². The van der Waals surface area contributed by atoms with Crippen molar-refractivity contribution < 1.29 is 9.84 Å². The number of hydrogen-bond acceptors (Lipinski definition) is 2. The van der Waals surface area contributed by atoms with Crippen molar-refractivity contribution in [2.24, 2.45) is 0 Å². The molecule has 2 rings (SSSR count). The van der Waals surface area contributed by atoms with E-state index in [1.54, 1.807) is 6.07 Å². The fourth-order valence-electron chi connectivity index (χ4n) is 1.33. The minimum Gasteiger partial charge on any atom is -0.503 e. The molecule has 0 heterocycles. The number of phenols is 1. The maximum absolute atomic E-state index is 10.2. The third kappa shape index (κ3) is 3.20. The first kappa shape index (κ1) is 15.8. The number of phenolic OH excluding ortho intramolecular Hbond substituents is 1. The fourth-order valence-corrected chi connectivity index (χ4v) is 3.84. The van der Waals surface area contributed by atoms with Gasteiger partial charge in [0.15, 0.2) is 11.5 Å². The topological polar surface area (TPSA) is 29.5 Å². The van der Waals surface area contributed by atoms with Crippen molar-refractivity contribution in [2.45, 2.75) is 0 Å². The Labute approximate surface area is 152 Å². The number of halogens is 5. The second-order valence-electron chi connectivity index (χ2n) is 3.47. The summed E-state index contributed by atoms with van der Waals surface area (Å²) in [5, 5.41) is 10.2. The number of rotatable bonds is 2. The average molecular weight is 581 g/mol. The predicted octanol–water partition coefficient (Wildman–Crippen LogP) is 7.00. The van der Waals surface area contributed by atoms with Crippen LogP contribution in [0.25, 0.3) is 0 Å². The van der Waals surface area contributed by atoms with Crippen LogP contribution in [-0.2, 0) is 0 Å². The summed E-state index contributed by atoms with van der Waals surface area (Å²) in [4.78, 5) is 0. The maximum Gasteiger partial charge on any atom is 0.185 e. The Kier molecular flexibility index (Phi) is 5.39. The fraction of sp³-hybridized carbons (Fsp3) is 0. The van der Waals surface area contributed by atoms with Crippen molar-refractivity contribution in [1.82, 2.24) is 0 Å².